The lowest BCUT2D eigenvalue weighted by molar-refractivity contribution is 0.430. The fourth-order valence-corrected chi connectivity index (χ4v) is 2.15. The zero-order chi connectivity index (χ0) is 14.7. The predicted molar refractivity (Wildman–Crippen MR) is 79.6 cm³/mol. The Morgan fingerprint density at radius 1 is 1.20 bits per heavy atom. The molecule has 3 heteroatoms. The minimum Gasteiger partial charge on any atom is -0.454 e. The average Bonchev–Trinajstić information content (AvgIpc) is 2.40. The molecule has 0 saturated heterocycles. The molecule has 0 aliphatic carbocycles. The number of nitrogens with two attached hydrogens (primary N) is 1. The Kier molecular flexibility index (Phi) is 4.40. The van der Waals surface area contributed by atoms with Gasteiger partial charge in [0.1, 0.15) is 5.75 Å². The van der Waals surface area contributed by atoms with Crippen molar-refractivity contribution < 1.29 is 9.13 Å². The first kappa shape index (κ1) is 14.5. The lowest BCUT2D eigenvalue weighted by Gasteiger charge is -2.16. The molecule has 2 aromatic carbocycles. The maximum absolute atomic E-state index is 14.0. The molecular formula is C17H20FNO. The molecule has 106 valence electrons. The van der Waals surface area contributed by atoms with Gasteiger partial charge in [0.15, 0.2) is 11.6 Å². The molecule has 0 radical (unpaired) electrons. The summed E-state index contributed by atoms with van der Waals surface area (Å²) in [5.41, 5.74) is 8.46. The summed E-state index contributed by atoms with van der Waals surface area (Å²) in [6.07, 6.45) is 0. The number of benzene rings is 2. The molecule has 0 spiro atoms. The van der Waals surface area contributed by atoms with E-state index in [1.165, 1.54) is 6.07 Å². The van der Waals surface area contributed by atoms with Crippen LogP contribution in [0.3, 0.4) is 0 Å². The van der Waals surface area contributed by atoms with Crippen molar-refractivity contribution in [2.75, 3.05) is 0 Å². The van der Waals surface area contributed by atoms with E-state index in [4.69, 9.17) is 10.5 Å². The normalized spacial score (nSPS) is 10.9. The van der Waals surface area contributed by atoms with Crippen LogP contribution in [-0.2, 0) is 6.54 Å². The molecule has 2 N–H and O–H groups in total. The summed E-state index contributed by atoms with van der Waals surface area (Å²) in [7, 11) is 0. The Morgan fingerprint density at radius 3 is 2.60 bits per heavy atom. The first-order chi connectivity index (χ1) is 9.52. The van der Waals surface area contributed by atoms with Gasteiger partial charge in [-0.15, -0.1) is 0 Å². The van der Waals surface area contributed by atoms with Gasteiger partial charge in [0, 0.05) is 12.1 Å². The summed E-state index contributed by atoms with van der Waals surface area (Å²) >= 11 is 0. The number of hydrogen-bond donors (Lipinski definition) is 1. The second kappa shape index (κ2) is 6.06. The van der Waals surface area contributed by atoms with Crippen LogP contribution in [0.1, 0.15) is 36.5 Å². The van der Waals surface area contributed by atoms with Gasteiger partial charge in [-0.2, -0.15) is 0 Å². The molecule has 0 fully saturated rings. The van der Waals surface area contributed by atoms with Gasteiger partial charge in [-0.25, -0.2) is 4.39 Å². The molecule has 0 unspecified atom stereocenters. The van der Waals surface area contributed by atoms with Gasteiger partial charge in [-0.3, -0.25) is 0 Å². The summed E-state index contributed by atoms with van der Waals surface area (Å²) in [5.74, 6) is 0.838. The summed E-state index contributed by atoms with van der Waals surface area (Å²) in [6, 6.07) is 10.8. The maximum Gasteiger partial charge on any atom is 0.167 e. The summed E-state index contributed by atoms with van der Waals surface area (Å²) in [4.78, 5) is 0. The molecule has 0 aromatic heterocycles. The molecule has 20 heavy (non-hydrogen) atoms. The number of aryl methyl sites for hydroxylation is 1. The highest BCUT2D eigenvalue weighted by Gasteiger charge is 2.14. The SMILES string of the molecule is Cc1ccc(C(C)C)c(Oc2c(F)cccc2CN)c1. The summed E-state index contributed by atoms with van der Waals surface area (Å²) in [5, 5.41) is 0. The quantitative estimate of drug-likeness (QED) is 0.889. The Balaban J connectivity index is 2.47. The molecule has 2 nitrogen and oxygen atoms in total. The van der Waals surface area contributed by atoms with E-state index in [0.29, 0.717) is 17.2 Å². The van der Waals surface area contributed by atoms with Crippen molar-refractivity contribution in [2.45, 2.75) is 33.2 Å². The van der Waals surface area contributed by atoms with Gasteiger partial charge >= 0.3 is 0 Å². The lowest BCUT2D eigenvalue weighted by atomic mass is 10.0. The summed E-state index contributed by atoms with van der Waals surface area (Å²) in [6.45, 7) is 6.41. The monoisotopic (exact) mass is 273 g/mol. The van der Waals surface area contributed by atoms with Crippen molar-refractivity contribution in [2.24, 2.45) is 5.73 Å². The van der Waals surface area contributed by atoms with E-state index >= 15 is 0 Å². The molecule has 0 saturated carbocycles. The van der Waals surface area contributed by atoms with Gasteiger partial charge in [0.2, 0.25) is 0 Å². The van der Waals surface area contributed by atoms with E-state index in [1.54, 1.807) is 12.1 Å². The fraction of sp³-hybridized carbons (Fsp3) is 0.294. The second-order valence-electron chi connectivity index (χ2n) is 5.23. The molecule has 0 amide bonds. The maximum atomic E-state index is 14.0. The second-order valence-corrected chi connectivity index (χ2v) is 5.23. The van der Waals surface area contributed by atoms with Gasteiger partial charge in [-0.05, 0) is 36.1 Å². The van der Waals surface area contributed by atoms with E-state index in [2.05, 4.69) is 13.8 Å². The molecule has 2 aromatic rings. The van der Waals surface area contributed by atoms with E-state index in [-0.39, 0.29) is 18.1 Å². The molecule has 0 aliphatic rings. The molecule has 0 atom stereocenters. The molecule has 2 rings (SSSR count). The largest absolute Gasteiger partial charge is 0.454 e. The Morgan fingerprint density at radius 2 is 1.95 bits per heavy atom. The van der Waals surface area contributed by atoms with Crippen LogP contribution in [0.15, 0.2) is 36.4 Å². The standard InChI is InChI=1S/C17H20FNO/c1-11(2)14-8-7-12(3)9-16(14)20-17-13(10-19)5-4-6-15(17)18/h4-9,11H,10,19H2,1-3H3. The van der Waals surface area contributed by atoms with Crippen LogP contribution in [0.25, 0.3) is 0 Å². The highest BCUT2D eigenvalue weighted by Crippen LogP contribution is 2.34. The van der Waals surface area contributed by atoms with E-state index in [9.17, 15) is 4.39 Å². The third-order valence-electron chi connectivity index (χ3n) is 3.27. The molecule has 0 bridgehead atoms. The zero-order valence-electron chi connectivity index (χ0n) is 12.1. The van der Waals surface area contributed by atoms with Crippen molar-refractivity contribution in [3.05, 3.63) is 58.9 Å². The van der Waals surface area contributed by atoms with Crippen molar-refractivity contribution >= 4 is 0 Å². The molecular weight excluding hydrogens is 253 g/mol. The summed E-state index contributed by atoms with van der Waals surface area (Å²) < 4.78 is 19.8. The van der Waals surface area contributed by atoms with Gasteiger partial charge in [0.05, 0.1) is 0 Å². The van der Waals surface area contributed by atoms with E-state index in [1.807, 2.05) is 25.1 Å². The Labute approximate surface area is 119 Å². The minimum atomic E-state index is -0.385. The van der Waals surface area contributed by atoms with Crippen molar-refractivity contribution in [3.8, 4) is 11.5 Å². The topological polar surface area (TPSA) is 35.2 Å². The van der Waals surface area contributed by atoms with Crippen molar-refractivity contribution in [1.29, 1.82) is 0 Å². The minimum absolute atomic E-state index is 0.225. The van der Waals surface area contributed by atoms with Gasteiger partial charge in [0.25, 0.3) is 0 Å². The highest BCUT2D eigenvalue weighted by molar-refractivity contribution is 5.44. The van der Waals surface area contributed by atoms with Crippen molar-refractivity contribution in [1.82, 2.24) is 0 Å². The third-order valence-corrected chi connectivity index (χ3v) is 3.27. The van der Waals surface area contributed by atoms with Gasteiger partial charge in [-0.1, -0.05) is 38.1 Å². The van der Waals surface area contributed by atoms with Crippen LogP contribution in [0.5, 0.6) is 11.5 Å². The smallest absolute Gasteiger partial charge is 0.167 e. The van der Waals surface area contributed by atoms with Crippen molar-refractivity contribution in [3.63, 3.8) is 0 Å². The number of hydrogen-bond acceptors (Lipinski definition) is 2. The lowest BCUT2D eigenvalue weighted by Crippen LogP contribution is -2.03. The van der Waals surface area contributed by atoms with Crippen LogP contribution in [0, 0.1) is 12.7 Å². The fourth-order valence-electron chi connectivity index (χ4n) is 2.15. The van der Waals surface area contributed by atoms with Crippen LogP contribution < -0.4 is 10.5 Å². The zero-order valence-corrected chi connectivity index (χ0v) is 12.1. The molecule has 0 aliphatic heterocycles. The van der Waals surface area contributed by atoms with Crippen LogP contribution in [0.4, 0.5) is 4.39 Å². The number of rotatable bonds is 4. The van der Waals surface area contributed by atoms with Crippen LogP contribution >= 0.6 is 0 Å². The first-order valence-electron chi connectivity index (χ1n) is 6.78. The highest BCUT2D eigenvalue weighted by atomic mass is 19.1. The molecule has 0 heterocycles. The average molecular weight is 273 g/mol. The predicted octanol–water partition coefficient (Wildman–Crippen LogP) is 4.51. The Hall–Kier alpha value is -1.87. The number of para-hydroxylation sites is 1. The number of halogens is 1. The van der Waals surface area contributed by atoms with E-state index in [0.717, 1.165) is 11.1 Å². The third kappa shape index (κ3) is 2.99. The number of ether oxygens (including phenoxy) is 1. The first-order valence-corrected chi connectivity index (χ1v) is 6.78. The van der Waals surface area contributed by atoms with Crippen LogP contribution in [-0.4, -0.2) is 0 Å². The van der Waals surface area contributed by atoms with Crippen LogP contribution in [0.2, 0.25) is 0 Å². The van der Waals surface area contributed by atoms with E-state index < -0.39 is 0 Å². The Bertz CT molecular complexity index is 608. The van der Waals surface area contributed by atoms with Gasteiger partial charge < -0.3 is 10.5 Å².